The standard InChI is InChI=1S/C12H8F3N3O2/c13-12(14,15)10-2-1-7(5-17-10)18-9-3-4-16-6-8(9)11(19)20/h1-6H,(H,16,18)(H,19,20). The molecule has 0 saturated carbocycles. The van der Waals surface area contributed by atoms with Gasteiger partial charge >= 0.3 is 12.1 Å². The van der Waals surface area contributed by atoms with Crippen LogP contribution in [0.4, 0.5) is 24.5 Å². The van der Waals surface area contributed by atoms with Crippen molar-refractivity contribution in [2.75, 3.05) is 5.32 Å². The fraction of sp³-hybridized carbons (Fsp3) is 0.0833. The van der Waals surface area contributed by atoms with Crippen LogP contribution in [0.25, 0.3) is 0 Å². The Balaban J connectivity index is 2.25. The van der Waals surface area contributed by atoms with Gasteiger partial charge in [-0.25, -0.2) is 9.78 Å². The summed E-state index contributed by atoms with van der Waals surface area (Å²) in [5.74, 6) is -1.19. The highest BCUT2D eigenvalue weighted by Gasteiger charge is 2.32. The number of carbonyl (C=O) groups is 1. The number of alkyl halides is 3. The van der Waals surface area contributed by atoms with Gasteiger partial charge in [-0.05, 0) is 18.2 Å². The molecule has 0 aliphatic carbocycles. The van der Waals surface area contributed by atoms with Crippen LogP contribution in [0.5, 0.6) is 0 Å². The van der Waals surface area contributed by atoms with Crippen LogP contribution in [0.15, 0.2) is 36.8 Å². The Bertz CT molecular complexity index is 627. The fourth-order valence-corrected chi connectivity index (χ4v) is 1.46. The van der Waals surface area contributed by atoms with Crippen LogP contribution in [0.1, 0.15) is 16.1 Å². The first-order valence-corrected chi connectivity index (χ1v) is 5.35. The lowest BCUT2D eigenvalue weighted by molar-refractivity contribution is -0.141. The quantitative estimate of drug-likeness (QED) is 0.905. The first kappa shape index (κ1) is 13.8. The number of rotatable bonds is 3. The highest BCUT2D eigenvalue weighted by molar-refractivity contribution is 5.94. The molecule has 0 amide bonds. The largest absolute Gasteiger partial charge is 0.478 e. The van der Waals surface area contributed by atoms with E-state index in [0.29, 0.717) is 0 Å². The third kappa shape index (κ3) is 3.02. The summed E-state index contributed by atoms with van der Waals surface area (Å²) in [5, 5.41) is 11.6. The van der Waals surface area contributed by atoms with Gasteiger partial charge in [0.15, 0.2) is 0 Å². The lowest BCUT2D eigenvalue weighted by Crippen LogP contribution is -2.08. The molecule has 2 aromatic heterocycles. The van der Waals surface area contributed by atoms with Crippen LogP contribution in [0.3, 0.4) is 0 Å². The summed E-state index contributed by atoms with van der Waals surface area (Å²) in [6.07, 6.45) is -1.02. The number of nitrogens with zero attached hydrogens (tertiary/aromatic N) is 2. The van der Waals surface area contributed by atoms with Crippen LogP contribution in [0, 0.1) is 0 Å². The number of carboxylic acid groups (broad SMARTS) is 1. The predicted molar refractivity (Wildman–Crippen MR) is 63.7 cm³/mol. The molecule has 0 aliphatic heterocycles. The van der Waals surface area contributed by atoms with Crippen LogP contribution in [-0.4, -0.2) is 21.0 Å². The van der Waals surface area contributed by atoms with E-state index >= 15 is 0 Å². The van der Waals surface area contributed by atoms with Crippen LogP contribution in [-0.2, 0) is 6.18 Å². The van der Waals surface area contributed by atoms with E-state index in [1.807, 2.05) is 0 Å². The second-order valence-electron chi connectivity index (χ2n) is 3.78. The van der Waals surface area contributed by atoms with Crippen molar-refractivity contribution in [1.29, 1.82) is 0 Å². The van der Waals surface area contributed by atoms with E-state index in [9.17, 15) is 18.0 Å². The van der Waals surface area contributed by atoms with Gasteiger partial charge in [0.25, 0.3) is 0 Å². The second kappa shape index (κ2) is 5.16. The van der Waals surface area contributed by atoms with E-state index in [0.717, 1.165) is 18.5 Å². The topological polar surface area (TPSA) is 75.1 Å². The summed E-state index contributed by atoms with van der Waals surface area (Å²) in [7, 11) is 0. The second-order valence-corrected chi connectivity index (χ2v) is 3.78. The molecular formula is C12H8F3N3O2. The van der Waals surface area contributed by atoms with E-state index in [2.05, 4.69) is 15.3 Å². The molecule has 0 spiro atoms. The number of carboxylic acids is 1. The van der Waals surface area contributed by atoms with Crippen molar-refractivity contribution in [1.82, 2.24) is 9.97 Å². The summed E-state index contributed by atoms with van der Waals surface area (Å²) in [6, 6.07) is 3.38. The van der Waals surface area contributed by atoms with Crippen molar-refractivity contribution in [2.45, 2.75) is 6.18 Å². The van der Waals surface area contributed by atoms with Crippen molar-refractivity contribution in [2.24, 2.45) is 0 Å². The minimum Gasteiger partial charge on any atom is -0.478 e. The van der Waals surface area contributed by atoms with E-state index in [1.54, 1.807) is 0 Å². The molecule has 0 aliphatic rings. The molecule has 0 radical (unpaired) electrons. The van der Waals surface area contributed by atoms with Gasteiger partial charge in [0, 0.05) is 12.4 Å². The van der Waals surface area contributed by atoms with Crippen molar-refractivity contribution in [3.63, 3.8) is 0 Å². The van der Waals surface area contributed by atoms with Gasteiger partial charge in [-0.3, -0.25) is 4.98 Å². The van der Waals surface area contributed by atoms with Crippen LogP contribution < -0.4 is 5.32 Å². The Hall–Kier alpha value is -2.64. The van der Waals surface area contributed by atoms with Gasteiger partial charge in [-0.15, -0.1) is 0 Å². The average molecular weight is 283 g/mol. The molecule has 0 unspecified atom stereocenters. The number of hydrogen-bond acceptors (Lipinski definition) is 4. The molecule has 104 valence electrons. The van der Waals surface area contributed by atoms with Gasteiger partial charge in [0.1, 0.15) is 11.3 Å². The minimum absolute atomic E-state index is 0.0904. The first-order valence-electron chi connectivity index (χ1n) is 5.35. The molecule has 20 heavy (non-hydrogen) atoms. The van der Waals surface area contributed by atoms with Crippen LogP contribution >= 0.6 is 0 Å². The summed E-state index contributed by atoms with van der Waals surface area (Å²) in [6.45, 7) is 0. The Kier molecular flexibility index (Phi) is 3.55. The Morgan fingerprint density at radius 3 is 2.50 bits per heavy atom. The van der Waals surface area contributed by atoms with Crippen molar-refractivity contribution in [3.8, 4) is 0 Å². The predicted octanol–water partition coefficient (Wildman–Crippen LogP) is 2.94. The highest BCUT2D eigenvalue weighted by Crippen LogP contribution is 2.28. The number of halogens is 3. The van der Waals surface area contributed by atoms with Crippen molar-refractivity contribution in [3.05, 3.63) is 48.0 Å². The molecule has 0 saturated heterocycles. The van der Waals surface area contributed by atoms with E-state index in [1.165, 1.54) is 18.3 Å². The fourth-order valence-electron chi connectivity index (χ4n) is 1.46. The van der Waals surface area contributed by atoms with E-state index < -0.39 is 17.8 Å². The SMILES string of the molecule is O=C(O)c1cnccc1Nc1ccc(C(F)(F)F)nc1. The molecule has 2 rings (SSSR count). The molecule has 5 nitrogen and oxygen atoms in total. The molecule has 8 heteroatoms. The lowest BCUT2D eigenvalue weighted by Gasteiger charge is -2.10. The number of nitrogens with one attached hydrogen (secondary N) is 1. The van der Waals surface area contributed by atoms with Gasteiger partial charge in [-0.2, -0.15) is 13.2 Å². The molecule has 0 bridgehead atoms. The van der Waals surface area contributed by atoms with Gasteiger partial charge < -0.3 is 10.4 Å². The molecular weight excluding hydrogens is 275 g/mol. The Labute approximate surface area is 111 Å². The number of aromatic carboxylic acids is 1. The van der Waals surface area contributed by atoms with Gasteiger partial charge in [0.2, 0.25) is 0 Å². The molecule has 2 heterocycles. The number of hydrogen-bond donors (Lipinski definition) is 2. The molecule has 2 aromatic rings. The maximum atomic E-state index is 12.3. The van der Waals surface area contributed by atoms with Crippen molar-refractivity contribution >= 4 is 17.3 Å². The smallest absolute Gasteiger partial charge is 0.433 e. The maximum Gasteiger partial charge on any atom is 0.433 e. The van der Waals surface area contributed by atoms with Gasteiger partial charge in [-0.1, -0.05) is 0 Å². The maximum absolute atomic E-state index is 12.3. The van der Waals surface area contributed by atoms with Gasteiger partial charge in [0.05, 0.1) is 17.6 Å². The third-order valence-electron chi connectivity index (χ3n) is 2.38. The Morgan fingerprint density at radius 1 is 1.20 bits per heavy atom. The normalized spacial score (nSPS) is 11.2. The van der Waals surface area contributed by atoms with Crippen molar-refractivity contribution < 1.29 is 23.1 Å². The zero-order valence-corrected chi connectivity index (χ0v) is 9.85. The monoisotopic (exact) mass is 283 g/mol. The summed E-state index contributed by atoms with van der Waals surface area (Å²) < 4.78 is 37.0. The van der Waals surface area contributed by atoms with E-state index in [-0.39, 0.29) is 16.9 Å². The molecule has 2 N–H and O–H groups in total. The number of aromatic nitrogens is 2. The third-order valence-corrected chi connectivity index (χ3v) is 2.38. The Morgan fingerprint density at radius 2 is 1.95 bits per heavy atom. The summed E-state index contributed by atoms with van der Waals surface area (Å²) in [4.78, 5) is 17.9. The number of pyridine rings is 2. The average Bonchev–Trinajstić information content (AvgIpc) is 2.38. The van der Waals surface area contributed by atoms with E-state index in [4.69, 9.17) is 5.11 Å². The number of anilines is 2. The summed E-state index contributed by atoms with van der Waals surface area (Å²) in [5.41, 5.74) is -0.649. The zero-order valence-electron chi connectivity index (χ0n) is 9.85. The first-order chi connectivity index (χ1) is 9.38. The summed E-state index contributed by atoms with van der Waals surface area (Å²) >= 11 is 0. The highest BCUT2D eigenvalue weighted by atomic mass is 19.4. The minimum atomic E-state index is -4.51. The molecule has 0 fully saturated rings. The van der Waals surface area contributed by atoms with Crippen LogP contribution in [0.2, 0.25) is 0 Å². The lowest BCUT2D eigenvalue weighted by atomic mass is 10.2. The molecule has 0 atom stereocenters. The zero-order chi connectivity index (χ0) is 14.8. The molecule has 0 aromatic carbocycles.